The second-order valence-electron chi connectivity index (χ2n) is 5.87. The van der Waals surface area contributed by atoms with E-state index in [2.05, 4.69) is 61.0 Å². The van der Waals surface area contributed by atoms with Crippen molar-refractivity contribution in [1.29, 1.82) is 0 Å². The smallest absolute Gasteiger partial charge is 0.176 e. The van der Waals surface area contributed by atoms with Gasteiger partial charge in [-0.3, -0.25) is 0 Å². The SMILES string of the molecule is Cc1c2cc[n+](C)cc2c(C)c2c1[nH]c1ccc(N)cc12.[I-]. The lowest BCUT2D eigenvalue weighted by Gasteiger charge is -2.07. The van der Waals surface area contributed by atoms with Gasteiger partial charge in [0.15, 0.2) is 12.4 Å². The number of benzene rings is 2. The summed E-state index contributed by atoms with van der Waals surface area (Å²) in [5.41, 5.74) is 11.7. The summed E-state index contributed by atoms with van der Waals surface area (Å²) in [6.45, 7) is 4.38. The minimum absolute atomic E-state index is 0. The number of halogens is 1. The van der Waals surface area contributed by atoms with E-state index in [1.807, 2.05) is 6.07 Å². The molecule has 4 rings (SSSR count). The van der Waals surface area contributed by atoms with Crippen LogP contribution in [0.15, 0.2) is 36.7 Å². The molecule has 3 nitrogen and oxygen atoms in total. The highest BCUT2D eigenvalue weighted by molar-refractivity contribution is 6.16. The second kappa shape index (κ2) is 5.12. The zero-order valence-corrected chi connectivity index (χ0v) is 15.0. The van der Waals surface area contributed by atoms with Gasteiger partial charge in [-0.15, -0.1) is 0 Å². The molecular weight excluding hydrogens is 385 g/mol. The van der Waals surface area contributed by atoms with Crippen LogP contribution < -0.4 is 34.3 Å². The number of aryl methyl sites for hydroxylation is 3. The minimum atomic E-state index is 0. The number of nitrogens with zero attached hydrogens (tertiary/aromatic N) is 1. The summed E-state index contributed by atoms with van der Waals surface area (Å²) in [4.78, 5) is 3.56. The fourth-order valence-electron chi connectivity index (χ4n) is 3.37. The molecule has 2 heterocycles. The highest BCUT2D eigenvalue weighted by atomic mass is 127. The van der Waals surface area contributed by atoms with E-state index in [0.717, 1.165) is 11.2 Å². The number of pyridine rings is 1. The van der Waals surface area contributed by atoms with Crippen molar-refractivity contribution in [3.8, 4) is 0 Å². The quantitative estimate of drug-likeness (QED) is 0.251. The van der Waals surface area contributed by atoms with Gasteiger partial charge < -0.3 is 34.7 Å². The molecular formula is C18H18IN3. The van der Waals surface area contributed by atoms with Crippen LogP contribution in [0.4, 0.5) is 5.69 Å². The monoisotopic (exact) mass is 403 g/mol. The first-order valence-electron chi connectivity index (χ1n) is 7.15. The van der Waals surface area contributed by atoms with Crippen molar-refractivity contribution in [2.75, 3.05) is 5.73 Å². The van der Waals surface area contributed by atoms with Crippen molar-refractivity contribution >= 4 is 38.3 Å². The molecule has 0 saturated heterocycles. The third-order valence-corrected chi connectivity index (χ3v) is 4.48. The second-order valence-corrected chi connectivity index (χ2v) is 5.87. The number of rotatable bonds is 0. The fraction of sp³-hybridized carbons (Fsp3) is 0.167. The minimum Gasteiger partial charge on any atom is -1.00 e. The molecule has 0 aliphatic rings. The van der Waals surface area contributed by atoms with E-state index in [1.165, 1.54) is 38.2 Å². The van der Waals surface area contributed by atoms with E-state index in [9.17, 15) is 0 Å². The van der Waals surface area contributed by atoms with Crippen molar-refractivity contribution in [1.82, 2.24) is 4.98 Å². The standard InChI is InChI=1S/C18H17N3.HI/c1-10-15-9-21(3)7-6-13(15)11(2)18-17(10)14-8-12(19)4-5-16(14)20-18;/h4-9H,19H2,1-3H3;1H. The van der Waals surface area contributed by atoms with Gasteiger partial charge in [-0.05, 0) is 48.6 Å². The Morgan fingerprint density at radius 3 is 2.55 bits per heavy atom. The molecule has 0 spiro atoms. The number of hydrogen-bond donors (Lipinski definition) is 2. The van der Waals surface area contributed by atoms with E-state index in [0.29, 0.717) is 0 Å². The van der Waals surface area contributed by atoms with Crippen molar-refractivity contribution in [3.63, 3.8) is 0 Å². The number of nitrogens with one attached hydrogen (secondary N) is 1. The first-order chi connectivity index (χ1) is 10.1. The van der Waals surface area contributed by atoms with Gasteiger partial charge in [0.1, 0.15) is 7.05 Å². The zero-order chi connectivity index (χ0) is 14.7. The Hall–Kier alpha value is -1.82. The molecule has 0 atom stereocenters. The Morgan fingerprint density at radius 2 is 1.77 bits per heavy atom. The zero-order valence-electron chi connectivity index (χ0n) is 12.9. The molecule has 0 fully saturated rings. The van der Waals surface area contributed by atoms with E-state index in [1.54, 1.807) is 0 Å². The Balaban J connectivity index is 0.00000144. The van der Waals surface area contributed by atoms with Crippen LogP contribution in [0.25, 0.3) is 32.6 Å². The number of nitrogens with two attached hydrogens (primary N) is 1. The summed E-state index contributed by atoms with van der Waals surface area (Å²) in [5, 5.41) is 5.10. The maximum Gasteiger partial charge on any atom is 0.176 e. The largest absolute Gasteiger partial charge is 1.00 e. The third-order valence-electron chi connectivity index (χ3n) is 4.48. The van der Waals surface area contributed by atoms with E-state index >= 15 is 0 Å². The highest BCUT2D eigenvalue weighted by Crippen LogP contribution is 2.36. The molecule has 22 heavy (non-hydrogen) atoms. The summed E-state index contributed by atoms with van der Waals surface area (Å²) < 4.78 is 2.10. The molecule has 4 heteroatoms. The van der Waals surface area contributed by atoms with E-state index < -0.39 is 0 Å². The number of fused-ring (bicyclic) bond motifs is 4. The van der Waals surface area contributed by atoms with Crippen molar-refractivity contribution in [2.45, 2.75) is 13.8 Å². The lowest BCUT2D eigenvalue weighted by Crippen LogP contribution is -3.00. The van der Waals surface area contributed by atoms with Gasteiger partial charge in [-0.25, -0.2) is 4.57 Å². The molecule has 0 unspecified atom stereocenters. The summed E-state index contributed by atoms with van der Waals surface area (Å²) in [7, 11) is 2.06. The Bertz CT molecular complexity index is 1030. The predicted molar refractivity (Wildman–Crippen MR) is 88.4 cm³/mol. The van der Waals surface area contributed by atoms with Crippen LogP contribution in [0, 0.1) is 13.8 Å². The molecule has 0 amide bonds. The molecule has 2 aromatic carbocycles. The first kappa shape index (κ1) is 15.1. The van der Waals surface area contributed by atoms with Gasteiger partial charge in [0.05, 0.1) is 5.52 Å². The average molecular weight is 403 g/mol. The van der Waals surface area contributed by atoms with Gasteiger partial charge in [-0.1, -0.05) is 0 Å². The molecule has 4 aromatic rings. The lowest BCUT2D eigenvalue weighted by atomic mass is 9.97. The number of aromatic amines is 1. The Kier molecular flexibility index (Phi) is 3.51. The fourth-order valence-corrected chi connectivity index (χ4v) is 3.37. The van der Waals surface area contributed by atoms with Crippen LogP contribution in [0.2, 0.25) is 0 Å². The van der Waals surface area contributed by atoms with Crippen LogP contribution in [0.3, 0.4) is 0 Å². The Morgan fingerprint density at radius 1 is 1.00 bits per heavy atom. The number of hydrogen-bond acceptors (Lipinski definition) is 1. The molecule has 0 radical (unpaired) electrons. The van der Waals surface area contributed by atoms with Crippen LogP contribution in [0.5, 0.6) is 0 Å². The highest BCUT2D eigenvalue weighted by Gasteiger charge is 2.15. The molecule has 0 saturated carbocycles. The van der Waals surface area contributed by atoms with Gasteiger partial charge in [0, 0.05) is 33.4 Å². The summed E-state index contributed by atoms with van der Waals surface area (Å²) >= 11 is 0. The molecule has 2 aromatic heterocycles. The lowest BCUT2D eigenvalue weighted by molar-refractivity contribution is -0.670. The molecule has 0 aliphatic carbocycles. The van der Waals surface area contributed by atoms with Crippen molar-refractivity contribution in [3.05, 3.63) is 47.8 Å². The van der Waals surface area contributed by atoms with Gasteiger partial charge in [-0.2, -0.15) is 0 Å². The van der Waals surface area contributed by atoms with Crippen LogP contribution in [-0.2, 0) is 7.05 Å². The van der Waals surface area contributed by atoms with Crippen LogP contribution >= 0.6 is 0 Å². The van der Waals surface area contributed by atoms with E-state index in [4.69, 9.17) is 5.73 Å². The maximum absolute atomic E-state index is 5.98. The molecule has 3 N–H and O–H groups in total. The molecule has 112 valence electrons. The number of aromatic nitrogens is 2. The topological polar surface area (TPSA) is 45.7 Å². The Labute approximate surface area is 146 Å². The summed E-state index contributed by atoms with van der Waals surface area (Å²) in [6, 6.07) is 8.27. The summed E-state index contributed by atoms with van der Waals surface area (Å²) in [5.74, 6) is 0. The summed E-state index contributed by atoms with van der Waals surface area (Å²) in [6.07, 6.45) is 4.30. The molecule has 0 bridgehead atoms. The third kappa shape index (κ3) is 1.97. The van der Waals surface area contributed by atoms with Gasteiger partial charge in [0.2, 0.25) is 0 Å². The number of anilines is 1. The van der Waals surface area contributed by atoms with Crippen molar-refractivity contribution in [2.24, 2.45) is 7.05 Å². The van der Waals surface area contributed by atoms with Crippen LogP contribution in [0.1, 0.15) is 11.1 Å². The molecule has 0 aliphatic heterocycles. The van der Waals surface area contributed by atoms with Crippen molar-refractivity contribution < 1.29 is 28.5 Å². The first-order valence-corrected chi connectivity index (χ1v) is 7.15. The number of nitrogen functional groups attached to an aromatic ring is 1. The normalized spacial score (nSPS) is 11.2. The average Bonchev–Trinajstić information content (AvgIpc) is 2.83. The van der Waals surface area contributed by atoms with Gasteiger partial charge >= 0.3 is 0 Å². The number of H-pyrrole nitrogens is 1. The van der Waals surface area contributed by atoms with Gasteiger partial charge in [0.25, 0.3) is 0 Å². The maximum atomic E-state index is 5.98. The van der Waals surface area contributed by atoms with Crippen LogP contribution in [-0.4, -0.2) is 4.98 Å². The predicted octanol–water partition coefficient (Wildman–Crippen LogP) is 0.502. The van der Waals surface area contributed by atoms with E-state index in [-0.39, 0.29) is 24.0 Å².